The summed E-state index contributed by atoms with van der Waals surface area (Å²) in [6.45, 7) is 3.69. The molecule has 2 aromatic heterocycles. The van der Waals surface area contributed by atoms with Gasteiger partial charge in [-0.2, -0.15) is 0 Å². The van der Waals surface area contributed by atoms with E-state index in [2.05, 4.69) is 10.1 Å². The maximum absolute atomic E-state index is 12.1. The van der Waals surface area contributed by atoms with E-state index in [-0.39, 0.29) is 19.0 Å². The largest absolute Gasteiger partial charge is 0.493 e. The van der Waals surface area contributed by atoms with Crippen LogP contribution < -0.4 is 9.47 Å². The molecular formula is C19H20N2O5S. The Balaban J connectivity index is 1.63. The highest BCUT2D eigenvalue weighted by atomic mass is 32.1. The van der Waals surface area contributed by atoms with Gasteiger partial charge in [-0.05, 0) is 32.0 Å². The summed E-state index contributed by atoms with van der Waals surface area (Å²) in [7, 11) is 3.18. The highest BCUT2D eigenvalue weighted by Crippen LogP contribution is 2.33. The first-order chi connectivity index (χ1) is 13.0. The number of methoxy groups -OCH3 is 2. The van der Waals surface area contributed by atoms with Gasteiger partial charge in [0, 0.05) is 16.5 Å². The van der Waals surface area contributed by atoms with Crippen molar-refractivity contribution in [1.29, 1.82) is 0 Å². The van der Waals surface area contributed by atoms with E-state index in [0.29, 0.717) is 28.6 Å². The lowest BCUT2D eigenvalue weighted by molar-refractivity contribution is -0.144. The van der Waals surface area contributed by atoms with Crippen LogP contribution in [0.3, 0.4) is 0 Å². The van der Waals surface area contributed by atoms with Crippen molar-refractivity contribution in [2.45, 2.75) is 26.9 Å². The quantitative estimate of drug-likeness (QED) is 0.570. The number of aryl methyl sites for hydroxylation is 2. The van der Waals surface area contributed by atoms with Crippen LogP contribution >= 0.6 is 11.3 Å². The number of esters is 1. The molecule has 1 aromatic carbocycles. The normalized spacial score (nSPS) is 10.7. The minimum absolute atomic E-state index is 0.117. The second-order valence-corrected chi connectivity index (χ2v) is 6.71. The van der Waals surface area contributed by atoms with Crippen molar-refractivity contribution in [2.75, 3.05) is 14.2 Å². The molecule has 7 nitrogen and oxygen atoms in total. The SMILES string of the molecule is COc1ccc(-c2nc(COC(=O)Cc3c(C)noc3C)cs2)cc1OC. The Morgan fingerprint density at radius 2 is 1.96 bits per heavy atom. The lowest BCUT2D eigenvalue weighted by Crippen LogP contribution is -2.09. The molecule has 0 amide bonds. The fourth-order valence-corrected chi connectivity index (χ4v) is 3.38. The van der Waals surface area contributed by atoms with Gasteiger partial charge in [0.25, 0.3) is 0 Å². The van der Waals surface area contributed by atoms with Crippen LogP contribution in [0, 0.1) is 13.8 Å². The number of carbonyl (C=O) groups excluding carboxylic acids is 1. The molecule has 2 heterocycles. The van der Waals surface area contributed by atoms with E-state index < -0.39 is 0 Å². The molecule has 0 bridgehead atoms. The van der Waals surface area contributed by atoms with Crippen LogP contribution in [0.4, 0.5) is 0 Å². The minimum Gasteiger partial charge on any atom is -0.493 e. The number of ether oxygens (including phenoxy) is 3. The summed E-state index contributed by atoms with van der Waals surface area (Å²) in [6.07, 6.45) is 0.133. The first-order valence-electron chi connectivity index (χ1n) is 8.26. The summed E-state index contributed by atoms with van der Waals surface area (Å²) in [6, 6.07) is 5.61. The van der Waals surface area contributed by atoms with Gasteiger partial charge >= 0.3 is 5.97 Å². The molecule has 0 N–H and O–H groups in total. The molecule has 0 aliphatic carbocycles. The smallest absolute Gasteiger partial charge is 0.310 e. The average molecular weight is 388 g/mol. The zero-order valence-corrected chi connectivity index (χ0v) is 16.4. The van der Waals surface area contributed by atoms with Crippen LogP contribution in [0.2, 0.25) is 0 Å². The monoisotopic (exact) mass is 388 g/mol. The van der Waals surface area contributed by atoms with E-state index in [1.54, 1.807) is 28.1 Å². The molecule has 0 fully saturated rings. The third-order valence-electron chi connectivity index (χ3n) is 4.07. The van der Waals surface area contributed by atoms with Gasteiger partial charge in [-0.1, -0.05) is 5.16 Å². The second-order valence-electron chi connectivity index (χ2n) is 5.85. The Morgan fingerprint density at radius 3 is 2.63 bits per heavy atom. The van der Waals surface area contributed by atoms with Crippen molar-refractivity contribution < 1.29 is 23.5 Å². The van der Waals surface area contributed by atoms with E-state index in [1.807, 2.05) is 23.6 Å². The van der Waals surface area contributed by atoms with Gasteiger partial charge in [0.05, 0.1) is 32.0 Å². The number of carbonyl (C=O) groups is 1. The lowest BCUT2D eigenvalue weighted by atomic mass is 10.1. The standard InChI is InChI=1S/C19H20N2O5S/c1-11-15(12(2)26-21-11)8-18(22)25-9-14-10-27-19(20-14)13-5-6-16(23-3)17(7-13)24-4/h5-7,10H,8-9H2,1-4H3. The van der Waals surface area contributed by atoms with Gasteiger partial charge in [0.1, 0.15) is 17.4 Å². The number of hydrogen-bond acceptors (Lipinski definition) is 8. The minimum atomic E-state index is -0.343. The molecule has 0 radical (unpaired) electrons. The summed E-state index contributed by atoms with van der Waals surface area (Å²) in [5.41, 5.74) is 3.07. The number of benzene rings is 1. The number of hydrogen-bond donors (Lipinski definition) is 0. The second kappa shape index (κ2) is 8.22. The van der Waals surface area contributed by atoms with E-state index in [4.69, 9.17) is 18.7 Å². The Hall–Kier alpha value is -2.87. The van der Waals surface area contributed by atoms with E-state index in [1.165, 1.54) is 11.3 Å². The summed E-state index contributed by atoms with van der Waals surface area (Å²) in [4.78, 5) is 16.6. The number of aromatic nitrogens is 2. The zero-order chi connectivity index (χ0) is 19.4. The van der Waals surface area contributed by atoms with Crippen molar-refractivity contribution in [1.82, 2.24) is 10.1 Å². The summed E-state index contributed by atoms with van der Waals surface area (Å²) in [5, 5.41) is 6.52. The first kappa shape index (κ1) is 18.9. The van der Waals surface area contributed by atoms with Crippen LogP contribution in [-0.2, 0) is 22.6 Å². The van der Waals surface area contributed by atoms with Crippen LogP contribution in [-0.4, -0.2) is 30.3 Å². The number of rotatable bonds is 7. The first-order valence-corrected chi connectivity index (χ1v) is 9.14. The summed E-state index contributed by atoms with van der Waals surface area (Å²) in [5.74, 6) is 1.59. The van der Waals surface area contributed by atoms with Crippen LogP contribution in [0.25, 0.3) is 10.6 Å². The molecular weight excluding hydrogens is 368 g/mol. The molecule has 27 heavy (non-hydrogen) atoms. The van der Waals surface area contributed by atoms with Gasteiger partial charge in [-0.25, -0.2) is 4.98 Å². The van der Waals surface area contributed by atoms with E-state index in [0.717, 1.165) is 16.1 Å². The molecule has 0 saturated carbocycles. The van der Waals surface area contributed by atoms with Crippen molar-refractivity contribution in [3.8, 4) is 22.1 Å². The topological polar surface area (TPSA) is 83.7 Å². The maximum atomic E-state index is 12.1. The van der Waals surface area contributed by atoms with Crippen LogP contribution in [0.1, 0.15) is 22.7 Å². The van der Waals surface area contributed by atoms with Gasteiger partial charge in [0.15, 0.2) is 11.5 Å². The lowest BCUT2D eigenvalue weighted by Gasteiger charge is -2.08. The van der Waals surface area contributed by atoms with Crippen LogP contribution in [0.15, 0.2) is 28.1 Å². The Morgan fingerprint density at radius 1 is 1.19 bits per heavy atom. The van der Waals surface area contributed by atoms with Gasteiger partial charge in [-0.15, -0.1) is 11.3 Å². The number of thiazole rings is 1. The fraction of sp³-hybridized carbons (Fsp3) is 0.316. The summed E-state index contributed by atoms with van der Waals surface area (Å²) >= 11 is 1.47. The molecule has 0 aliphatic rings. The third-order valence-corrected chi connectivity index (χ3v) is 5.01. The van der Waals surface area contributed by atoms with Gasteiger partial charge in [0.2, 0.25) is 0 Å². The van der Waals surface area contributed by atoms with Crippen LogP contribution in [0.5, 0.6) is 11.5 Å². The Bertz CT molecular complexity index is 928. The molecule has 142 valence electrons. The zero-order valence-electron chi connectivity index (χ0n) is 15.6. The Kier molecular flexibility index (Phi) is 5.75. The third kappa shape index (κ3) is 4.28. The predicted molar refractivity (Wildman–Crippen MR) is 100 cm³/mol. The predicted octanol–water partition coefficient (Wildman–Crippen LogP) is 3.72. The van der Waals surface area contributed by atoms with E-state index in [9.17, 15) is 4.79 Å². The summed E-state index contributed by atoms with van der Waals surface area (Å²) < 4.78 is 21.0. The van der Waals surface area contributed by atoms with Crippen molar-refractivity contribution in [3.63, 3.8) is 0 Å². The van der Waals surface area contributed by atoms with Gasteiger partial charge in [-0.3, -0.25) is 4.79 Å². The van der Waals surface area contributed by atoms with Crippen molar-refractivity contribution in [2.24, 2.45) is 0 Å². The molecule has 0 unspecified atom stereocenters. The highest BCUT2D eigenvalue weighted by Gasteiger charge is 2.15. The molecule has 0 spiro atoms. The average Bonchev–Trinajstić information content (AvgIpc) is 3.28. The molecule has 0 saturated heterocycles. The fourth-order valence-electron chi connectivity index (χ4n) is 2.58. The molecule has 0 aliphatic heterocycles. The van der Waals surface area contributed by atoms with Gasteiger partial charge < -0.3 is 18.7 Å². The molecule has 0 atom stereocenters. The number of nitrogens with zero attached hydrogens (tertiary/aromatic N) is 2. The molecule has 3 rings (SSSR count). The maximum Gasteiger partial charge on any atom is 0.310 e. The highest BCUT2D eigenvalue weighted by molar-refractivity contribution is 7.13. The molecule has 3 aromatic rings. The van der Waals surface area contributed by atoms with Crippen molar-refractivity contribution in [3.05, 3.63) is 46.3 Å². The van der Waals surface area contributed by atoms with E-state index >= 15 is 0 Å². The van der Waals surface area contributed by atoms with Crippen molar-refractivity contribution >= 4 is 17.3 Å². The molecule has 8 heteroatoms. The Labute approximate surface area is 160 Å².